The van der Waals surface area contributed by atoms with E-state index in [1.807, 2.05) is 12.1 Å². The van der Waals surface area contributed by atoms with Crippen LogP contribution in [0.15, 0.2) is 35.1 Å². The second-order valence-electron chi connectivity index (χ2n) is 4.08. The lowest BCUT2D eigenvalue weighted by molar-refractivity contribution is 0.870. The summed E-state index contributed by atoms with van der Waals surface area (Å²) >= 11 is 0. The summed E-state index contributed by atoms with van der Waals surface area (Å²) < 4.78 is 0. The van der Waals surface area contributed by atoms with Gasteiger partial charge in [-0.1, -0.05) is 13.3 Å². The van der Waals surface area contributed by atoms with Crippen molar-refractivity contribution >= 4 is 17.3 Å². The second-order valence-corrected chi connectivity index (χ2v) is 4.08. The number of anilines is 3. The van der Waals surface area contributed by atoms with Crippen molar-refractivity contribution in [3.8, 4) is 0 Å². The largest absolute Gasteiger partial charge is 0.399 e. The number of nitrogen functional groups attached to an aromatic ring is 1. The number of hydrogen-bond acceptors (Lipinski definition) is 4. The first-order valence-corrected chi connectivity index (χ1v) is 5.90. The molecule has 4 N–H and O–H groups in total. The molecule has 0 saturated carbocycles. The van der Waals surface area contributed by atoms with Gasteiger partial charge in [0.1, 0.15) is 0 Å². The van der Waals surface area contributed by atoms with Gasteiger partial charge in [0.2, 0.25) is 5.95 Å². The fourth-order valence-electron chi connectivity index (χ4n) is 1.65. The molecule has 0 saturated heterocycles. The van der Waals surface area contributed by atoms with Crippen LogP contribution in [-0.2, 0) is 6.42 Å². The molecule has 0 unspecified atom stereocenters. The Morgan fingerprint density at radius 1 is 1.33 bits per heavy atom. The topological polar surface area (TPSA) is 83.8 Å². The van der Waals surface area contributed by atoms with Gasteiger partial charge in [-0.15, -0.1) is 0 Å². The highest BCUT2D eigenvalue weighted by Crippen LogP contribution is 2.14. The van der Waals surface area contributed by atoms with Crippen molar-refractivity contribution < 1.29 is 0 Å². The molecule has 0 fully saturated rings. The number of aryl methyl sites for hydroxylation is 1. The van der Waals surface area contributed by atoms with Crippen LogP contribution in [0.2, 0.25) is 0 Å². The summed E-state index contributed by atoms with van der Waals surface area (Å²) in [4.78, 5) is 18.5. The Morgan fingerprint density at radius 3 is 2.72 bits per heavy atom. The van der Waals surface area contributed by atoms with Gasteiger partial charge in [0.05, 0.1) is 0 Å². The van der Waals surface area contributed by atoms with Gasteiger partial charge in [0.25, 0.3) is 5.56 Å². The van der Waals surface area contributed by atoms with Crippen LogP contribution in [0.5, 0.6) is 0 Å². The Bertz CT molecular complexity index is 574. The molecule has 0 amide bonds. The zero-order valence-corrected chi connectivity index (χ0v) is 10.2. The summed E-state index contributed by atoms with van der Waals surface area (Å²) in [5.41, 5.74) is 7.78. The number of H-pyrrole nitrogens is 1. The zero-order chi connectivity index (χ0) is 13.0. The summed E-state index contributed by atoms with van der Waals surface area (Å²) in [6.45, 7) is 2.05. The highest BCUT2D eigenvalue weighted by Gasteiger charge is 2.01. The number of hydrogen-bond donors (Lipinski definition) is 3. The molecular formula is C13H16N4O. The van der Waals surface area contributed by atoms with Crippen molar-refractivity contribution in [3.05, 3.63) is 46.4 Å². The summed E-state index contributed by atoms with van der Waals surface area (Å²) in [5, 5.41) is 3.05. The van der Waals surface area contributed by atoms with Crippen molar-refractivity contribution in [3.63, 3.8) is 0 Å². The third-order valence-electron chi connectivity index (χ3n) is 2.47. The van der Waals surface area contributed by atoms with Gasteiger partial charge in [-0.05, 0) is 30.7 Å². The molecule has 1 aromatic carbocycles. The quantitative estimate of drug-likeness (QED) is 0.719. The van der Waals surface area contributed by atoms with Crippen LogP contribution in [0.3, 0.4) is 0 Å². The fourth-order valence-corrected chi connectivity index (χ4v) is 1.65. The van der Waals surface area contributed by atoms with Crippen LogP contribution in [0.4, 0.5) is 17.3 Å². The molecule has 5 nitrogen and oxygen atoms in total. The average Bonchev–Trinajstić information content (AvgIpc) is 2.32. The van der Waals surface area contributed by atoms with E-state index in [4.69, 9.17) is 5.73 Å². The van der Waals surface area contributed by atoms with Gasteiger partial charge in [-0.3, -0.25) is 9.78 Å². The maximum absolute atomic E-state index is 11.5. The smallest absolute Gasteiger partial charge is 0.252 e. The third kappa shape index (κ3) is 3.10. The van der Waals surface area contributed by atoms with Gasteiger partial charge in [0.15, 0.2) is 0 Å². The van der Waals surface area contributed by atoms with E-state index in [0.717, 1.165) is 24.2 Å². The molecule has 94 valence electrons. The molecule has 0 radical (unpaired) electrons. The SMILES string of the molecule is CCCc1cc(=O)[nH]c(Nc2ccc(N)cc2)n1. The molecule has 18 heavy (non-hydrogen) atoms. The minimum absolute atomic E-state index is 0.147. The van der Waals surface area contributed by atoms with E-state index < -0.39 is 0 Å². The van der Waals surface area contributed by atoms with Gasteiger partial charge < -0.3 is 11.1 Å². The first kappa shape index (κ1) is 12.2. The number of nitrogens with two attached hydrogens (primary N) is 1. The van der Waals surface area contributed by atoms with Gasteiger partial charge in [-0.2, -0.15) is 0 Å². The average molecular weight is 244 g/mol. The lowest BCUT2D eigenvalue weighted by atomic mass is 10.2. The molecule has 0 aliphatic carbocycles. The van der Waals surface area contributed by atoms with Crippen LogP contribution < -0.4 is 16.6 Å². The maximum atomic E-state index is 11.5. The number of rotatable bonds is 4. The van der Waals surface area contributed by atoms with Crippen molar-refractivity contribution in [1.29, 1.82) is 0 Å². The summed E-state index contributed by atoms with van der Waals surface area (Å²) in [6.07, 6.45) is 1.75. The molecule has 2 rings (SSSR count). The van der Waals surface area contributed by atoms with Crippen LogP contribution in [0.1, 0.15) is 19.0 Å². The third-order valence-corrected chi connectivity index (χ3v) is 2.47. The molecule has 2 aromatic rings. The lowest BCUT2D eigenvalue weighted by Crippen LogP contribution is -2.12. The molecule has 0 aliphatic rings. The Balaban J connectivity index is 2.23. The summed E-state index contributed by atoms with van der Waals surface area (Å²) in [5.74, 6) is 0.454. The number of aromatic amines is 1. The van der Waals surface area contributed by atoms with Crippen LogP contribution in [-0.4, -0.2) is 9.97 Å². The summed E-state index contributed by atoms with van der Waals surface area (Å²) in [6, 6.07) is 8.77. The van der Waals surface area contributed by atoms with E-state index in [1.165, 1.54) is 6.07 Å². The van der Waals surface area contributed by atoms with Crippen molar-refractivity contribution in [2.45, 2.75) is 19.8 Å². The Kier molecular flexibility index (Phi) is 3.62. The maximum Gasteiger partial charge on any atom is 0.252 e. The highest BCUT2D eigenvalue weighted by atomic mass is 16.1. The molecule has 0 aliphatic heterocycles. The minimum atomic E-state index is -0.147. The standard InChI is InChI=1S/C13H16N4O/c1-2-3-11-8-12(18)17-13(16-11)15-10-6-4-9(14)5-7-10/h4-8H,2-3,14H2,1H3,(H2,15,16,17,18). The van der Waals surface area contributed by atoms with Gasteiger partial charge >= 0.3 is 0 Å². The normalized spacial score (nSPS) is 10.3. The van der Waals surface area contributed by atoms with Crippen molar-refractivity contribution in [2.24, 2.45) is 0 Å². The molecular weight excluding hydrogens is 228 g/mol. The first-order valence-electron chi connectivity index (χ1n) is 5.90. The number of aromatic nitrogens is 2. The van der Waals surface area contributed by atoms with Crippen LogP contribution in [0.25, 0.3) is 0 Å². The zero-order valence-electron chi connectivity index (χ0n) is 10.2. The number of nitrogens with zero attached hydrogens (tertiary/aromatic N) is 1. The van der Waals surface area contributed by atoms with E-state index in [-0.39, 0.29) is 5.56 Å². The first-order chi connectivity index (χ1) is 8.67. The Labute approximate surface area is 105 Å². The molecule has 1 heterocycles. The number of benzene rings is 1. The van der Waals surface area contributed by atoms with Crippen LogP contribution in [0, 0.1) is 0 Å². The van der Waals surface area contributed by atoms with Gasteiger partial charge in [-0.25, -0.2) is 4.98 Å². The molecule has 0 atom stereocenters. The molecule has 0 spiro atoms. The van der Waals surface area contributed by atoms with E-state index in [1.54, 1.807) is 12.1 Å². The Morgan fingerprint density at radius 2 is 2.06 bits per heavy atom. The molecule has 5 heteroatoms. The highest BCUT2D eigenvalue weighted by molar-refractivity contribution is 5.56. The fraction of sp³-hybridized carbons (Fsp3) is 0.231. The van der Waals surface area contributed by atoms with Crippen molar-refractivity contribution in [1.82, 2.24) is 9.97 Å². The van der Waals surface area contributed by atoms with E-state index in [2.05, 4.69) is 22.2 Å². The molecule has 1 aromatic heterocycles. The lowest BCUT2D eigenvalue weighted by Gasteiger charge is -2.06. The number of nitrogens with one attached hydrogen (secondary N) is 2. The van der Waals surface area contributed by atoms with Crippen LogP contribution >= 0.6 is 0 Å². The predicted octanol–water partition coefficient (Wildman–Crippen LogP) is 2.05. The summed E-state index contributed by atoms with van der Waals surface area (Å²) in [7, 11) is 0. The van der Waals surface area contributed by atoms with E-state index >= 15 is 0 Å². The monoisotopic (exact) mass is 244 g/mol. The molecule has 0 bridgehead atoms. The predicted molar refractivity (Wildman–Crippen MR) is 73.0 cm³/mol. The second kappa shape index (κ2) is 5.35. The Hall–Kier alpha value is -2.30. The van der Waals surface area contributed by atoms with E-state index in [9.17, 15) is 4.79 Å². The minimum Gasteiger partial charge on any atom is -0.399 e. The van der Waals surface area contributed by atoms with Crippen molar-refractivity contribution in [2.75, 3.05) is 11.1 Å². The van der Waals surface area contributed by atoms with Gasteiger partial charge in [0, 0.05) is 23.1 Å². The van der Waals surface area contributed by atoms with E-state index in [0.29, 0.717) is 11.6 Å².